The minimum absolute atomic E-state index is 0.0392. The number of likely N-dealkylation sites (N-methyl/N-ethyl adjacent to an activating group) is 1. The fraction of sp³-hybridized carbons (Fsp3) is 0.918. The lowest BCUT2D eigenvalue weighted by Gasteiger charge is -2.27. The lowest BCUT2D eigenvalue weighted by Crippen LogP contribution is -2.45. The summed E-state index contributed by atoms with van der Waals surface area (Å²) in [6.45, 7) is 8.37. The van der Waals surface area contributed by atoms with Gasteiger partial charge < -0.3 is 45.1 Å². The van der Waals surface area contributed by atoms with Crippen LogP contribution >= 0.6 is 0 Å². The molecule has 0 atom stereocenters. The van der Waals surface area contributed by atoms with E-state index in [0.717, 1.165) is 96.6 Å². The number of ether oxygens (including phenoxy) is 3. The Hall–Kier alpha value is -2.97. The van der Waals surface area contributed by atoms with Gasteiger partial charge in [0.1, 0.15) is 5.78 Å². The van der Waals surface area contributed by atoms with Crippen LogP contribution in [0.25, 0.3) is 0 Å². The Morgan fingerprint density at radius 2 is 0.733 bits per heavy atom. The topological polar surface area (TPSA) is 181 Å². The van der Waals surface area contributed by atoms with E-state index in [0.29, 0.717) is 75.7 Å². The van der Waals surface area contributed by atoms with Crippen LogP contribution in [0.1, 0.15) is 277 Å². The second-order valence-electron chi connectivity index (χ2n) is 22.3. The Labute approximate surface area is 460 Å². The first-order valence-electron chi connectivity index (χ1n) is 31.5. The highest BCUT2D eigenvalue weighted by Gasteiger charge is 2.19. The van der Waals surface area contributed by atoms with Crippen molar-refractivity contribution < 1.29 is 47.8 Å². The number of carboxylic acids is 1. The third-order valence-electron chi connectivity index (χ3n) is 14.2. The molecule has 0 rings (SSSR count). The van der Waals surface area contributed by atoms with Gasteiger partial charge in [0.05, 0.1) is 47.1 Å². The molecule has 14 nitrogen and oxygen atoms in total. The number of Topliss-reactive ketones (excluding diaryl/α,β-unsaturated/α-hetero) is 1. The predicted molar refractivity (Wildman–Crippen MR) is 309 cm³/mol. The van der Waals surface area contributed by atoms with Crippen LogP contribution in [0, 0.1) is 0 Å². The lowest BCUT2D eigenvalue weighted by atomic mass is 10.0. The van der Waals surface area contributed by atoms with Gasteiger partial charge in [0.15, 0.2) is 6.54 Å². The summed E-state index contributed by atoms with van der Waals surface area (Å²) >= 11 is 0. The number of urea groups is 1. The molecular weight excluding hydrogens is 947 g/mol. The van der Waals surface area contributed by atoms with Crippen LogP contribution in [-0.2, 0) is 28.6 Å². The van der Waals surface area contributed by atoms with Crippen LogP contribution in [0.4, 0.5) is 9.59 Å². The van der Waals surface area contributed by atoms with Crippen molar-refractivity contribution in [1.29, 1.82) is 0 Å². The molecule has 0 aliphatic heterocycles. The Kier molecular flexibility index (Phi) is 54.9. The molecule has 0 aromatic heterocycles. The zero-order valence-corrected chi connectivity index (χ0v) is 49.1. The summed E-state index contributed by atoms with van der Waals surface area (Å²) in [5, 5.41) is 20.6. The normalized spacial score (nSPS) is 11.5. The van der Waals surface area contributed by atoms with Gasteiger partial charge in [-0.1, -0.05) is 206 Å². The highest BCUT2D eigenvalue weighted by molar-refractivity contribution is 5.78. The molecule has 0 saturated carbocycles. The van der Waals surface area contributed by atoms with Crippen molar-refractivity contribution in [2.24, 2.45) is 0 Å². The zero-order valence-electron chi connectivity index (χ0n) is 49.1. The monoisotopic (exact) mass is 1070 g/mol. The first-order valence-corrected chi connectivity index (χ1v) is 31.5. The number of carbonyl (C=O) groups excluding carboxylic acids is 4. The molecule has 0 aliphatic carbocycles. The summed E-state index contributed by atoms with van der Waals surface area (Å²) in [6, 6.07) is -0.0722. The molecule has 0 radical (unpaired) electrons. The maximum atomic E-state index is 12.2. The van der Waals surface area contributed by atoms with Gasteiger partial charge in [-0.15, -0.1) is 0 Å². The standard InChI is InChI=1S/C61H119N5O9/c1-4-5-6-37-46-63-60(71)64-47-39-34-36-44-57(67)43-35-30-26-22-18-17-19-23-27-31-38-48-65-61(72)75-52-41-33-29-25-21-16-14-12-10-8-7-9-11-13-15-20-24-28-32-40-51-73-54-55-74-53-45-58(68)62-49-42-50-66(2,3)56-59(69)70/h4-56H2,1-3H3,(H4-,62,63,64,65,68,69,70,71,72)/p+1. The number of ketones is 1. The second-order valence-corrected chi connectivity index (χ2v) is 22.3. The summed E-state index contributed by atoms with van der Waals surface area (Å²) in [4.78, 5) is 58.8. The number of unbranched alkanes of at least 4 members (excludes halogenated alkanes) is 34. The molecule has 0 aromatic rings. The van der Waals surface area contributed by atoms with E-state index in [1.807, 2.05) is 14.1 Å². The van der Waals surface area contributed by atoms with Gasteiger partial charge in [-0.25, -0.2) is 14.4 Å². The first-order chi connectivity index (χ1) is 36.6. The van der Waals surface area contributed by atoms with E-state index in [1.165, 1.54) is 173 Å². The van der Waals surface area contributed by atoms with Gasteiger partial charge in [-0.05, 0) is 44.9 Å². The fourth-order valence-corrected chi connectivity index (χ4v) is 9.46. The summed E-state index contributed by atoms with van der Waals surface area (Å²) in [5.41, 5.74) is 0. The number of hydrogen-bond donors (Lipinski definition) is 5. The smallest absolute Gasteiger partial charge is 0.407 e. The number of rotatable bonds is 60. The fourth-order valence-electron chi connectivity index (χ4n) is 9.46. The van der Waals surface area contributed by atoms with Crippen LogP contribution in [0.15, 0.2) is 0 Å². The van der Waals surface area contributed by atoms with E-state index < -0.39 is 5.97 Å². The van der Waals surface area contributed by atoms with Crippen LogP contribution in [-0.4, -0.2) is 126 Å². The van der Waals surface area contributed by atoms with Crippen molar-refractivity contribution in [3.8, 4) is 0 Å². The maximum Gasteiger partial charge on any atom is 0.407 e. The molecule has 4 amide bonds. The average molecular weight is 1070 g/mol. The molecule has 0 unspecified atom stereocenters. The molecule has 5 N–H and O–H groups in total. The molecule has 0 fully saturated rings. The van der Waals surface area contributed by atoms with Crippen molar-refractivity contribution in [2.75, 3.05) is 86.4 Å². The number of hydrogen-bond acceptors (Lipinski definition) is 8. The summed E-state index contributed by atoms with van der Waals surface area (Å²) in [5.74, 6) is -0.460. The van der Waals surface area contributed by atoms with Gasteiger partial charge in [0.25, 0.3) is 0 Å². The first kappa shape index (κ1) is 72.0. The molecule has 0 bridgehead atoms. The van der Waals surface area contributed by atoms with Crippen LogP contribution < -0.4 is 21.3 Å². The number of amides is 4. The molecule has 0 saturated heterocycles. The van der Waals surface area contributed by atoms with Crippen LogP contribution in [0.3, 0.4) is 0 Å². The highest BCUT2D eigenvalue weighted by Crippen LogP contribution is 2.16. The number of alkyl carbamates (subject to hydrolysis) is 1. The quantitative estimate of drug-likeness (QED) is 0.0292. The molecule has 442 valence electrons. The van der Waals surface area contributed by atoms with E-state index in [1.54, 1.807) is 0 Å². The van der Waals surface area contributed by atoms with E-state index in [4.69, 9.17) is 19.3 Å². The molecule has 14 heteroatoms. The zero-order chi connectivity index (χ0) is 54.8. The molecule has 0 spiro atoms. The van der Waals surface area contributed by atoms with Crippen molar-refractivity contribution in [1.82, 2.24) is 21.3 Å². The molecular formula is C61H120N5O9+. The third-order valence-corrected chi connectivity index (χ3v) is 14.2. The van der Waals surface area contributed by atoms with E-state index >= 15 is 0 Å². The second kappa shape index (κ2) is 57.2. The van der Waals surface area contributed by atoms with Gasteiger partial charge in [-0.2, -0.15) is 0 Å². The van der Waals surface area contributed by atoms with Gasteiger partial charge in [0, 0.05) is 58.5 Å². The van der Waals surface area contributed by atoms with Crippen LogP contribution in [0.5, 0.6) is 0 Å². The summed E-state index contributed by atoms with van der Waals surface area (Å²) in [7, 11) is 3.76. The van der Waals surface area contributed by atoms with E-state index in [9.17, 15) is 24.0 Å². The molecule has 75 heavy (non-hydrogen) atoms. The molecule has 0 aliphatic rings. The maximum absolute atomic E-state index is 12.2. The Morgan fingerprint density at radius 3 is 1.19 bits per heavy atom. The van der Waals surface area contributed by atoms with Gasteiger partial charge >= 0.3 is 18.1 Å². The van der Waals surface area contributed by atoms with Gasteiger partial charge in [0.2, 0.25) is 5.91 Å². The summed E-state index contributed by atoms with van der Waals surface area (Å²) < 4.78 is 17.0. The van der Waals surface area contributed by atoms with Crippen molar-refractivity contribution in [3.63, 3.8) is 0 Å². The largest absolute Gasteiger partial charge is 0.477 e. The van der Waals surface area contributed by atoms with Gasteiger partial charge in [-0.3, -0.25) is 9.59 Å². The van der Waals surface area contributed by atoms with Crippen LogP contribution in [0.2, 0.25) is 0 Å². The van der Waals surface area contributed by atoms with Crippen molar-refractivity contribution in [2.45, 2.75) is 277 Å². The average Bonchev–Trinajstić information content (AvgIpc) is 3.37. The van der Waals surface area contributed by atoms with Crippen molar-refractivity contribution >= 4 is 29.8 Å². The predicted octanol–water partition coefficient (Wildman–Crippen LogP) is 14.3. The number of nitrogens with zero attached hydrogens (tertiary/aromatic N) is 1. The number of nitrogens with one attached hydrogen (secondary N) is 4. The number of carboxylic acid groups (broad SMARTS) is 1. The SMILES string of the molecule is CCCCCCNC(=O)NCCCCCC(=O)CCCCCCCCCCCCCNC(=O)OCCCCCCCCCCCCCCCCCCCCCCOCCOCCC(=O)NCCC[N+](C)(C)CC(=O)O. The highest BCUT2D eigenvalue weighted by atomic mass is 16.5. The Balaban J connectivity index is 3.26. The van der Waals surface area contributed by atoms with E-state index in [-0.39, 0.29) is 24.6 Å². The molecule has 0 aromatic carbocycles. The minimum atomic E-state index is -0.812. The summed E-state index contributed by atoms with van der Waals surface area (Å²) in [6.07, 6.45) is 48.8. The van der Waals surface area contributed by atoms with Crippen molar-refractivity contribution in [3.05, 3.63) is 0 Å². The Bertz CT molecular complexity index is 1310. The number of aliphatic carboxylic acids is 1. The molecule has 0 heterocycles. The Morgan fingerprint density at radius 1 is 0.373 bits per heavy atom. The number of quaternary nitrogens is 1. The third kappa shape index (κ3) is 60.1. The lowest BCUT2D eigenvalue weighted by molar-refractivity contribution is -0.883. The number of carbonyl (C=O) groups is 5. The minimum Gasteiger partial charge on any atom is -0.477 e. The van der Waals surface area contributed by atoms with E-state index in [2.05, 4.69) is 28.2 Å².